The van der Waals surface area contributed by atoms with Crippen molar-refractivity contribution in [2.75, 3.05) is 5.73 Å². The van der Waals surface area contributed by atoms with E-state index in [0.717, 1.165) is 47.1 Å². The van der Waals surface area contributed by atoms with Gasteiger partial charge in [-0.15, -0.1) is 0 Å². The molecule has 2 N–H and O–H groups in total. The molecule has 0 amide bonds. The van der Waals surface area contributed by atoms with Gasteiger partial charge in [-0.2, -0.15) is 0 Å². The lowest BCUT2D eigenvalue weighted by atomic mass is 10.0. The average Bonchev–Trinajstić information content (AvgIpc) is 2.93. The fourth-order valence-electron chi connectivity index (χ4n) is 3.01. The molecule has 0 spiro atoms. The molecule has 1 aromatic carbocycles. The van der Waals surface area contributed by atoms with Gasteiger partial charge in [0.1, 0.15) is 5.82 Å². The molecule has 0 atom stereocenters. The van der Waals surface area contributed by atoms with Gasteiger partial charge in [-0.3, -0.25) is 4.98 Å². The zero-order chi connectivity index (χ0) is 14.4. The molecule has 1 aliphatic carbocycles. The number of fused-ring (bicyclic) bond motifs is 2. The summed E-state index contributed by atoms with van der Waals surface area (Å²) in [6, 6.07) is 6.61. The maximum Gasteiger partial charge on any atom is 0.220 e. The highest BCUT2D eigenvalue weighted by atomic mass is 19.1. The van der Waals surface area contributed by atoms with Gasteiger partial charge < -0.3 is 5.73 Å². The van der Waals surface area contributed by atoms with Crippen LogP contribution in [-0.2, 0) is 12.8 Å². The molecule has 1 aliphatic rings. The number of anilines is 1. The van der Waals surface area contributed by atoms with Crippen molar-refractivity contribution in [3.63, 3.8) is 0 Å². The number of hydrogen-bond acceptors (Lipinski definition) is 4. The Hall–Kier alpha value is -2.56. The molecular weight excluding hydrogens is 267 g/mol. The van der Waals surface area contributed by atoms with Gasteiger partial charge in [-0.05, 0) is 37.5 Å². The van der Waals surface area contributed by atoms with E-state index in [4.69, 9.17) is 5.73 Å². The number of benzene rings is 1. The quantitative estimate of drug-likeness (QED) is 0.744. The molecule has 4 nitrogen and oxygen atoms in total. The van der Waals surface area contributed by atoms with Crippen molar-refractivity contribution in [3.8, 4) is 11.3 Å². The number of aromatic nitrogens is 3. The maximum atomic E-state index is 13.9. The molecule has 0 unspecified atom stereocenters. The minimum Gasteiger partial charge on any atom is -0.368 e. The largest absolute Gasteiger partial charge is 0.368 e. The number of nitrogens with zero attached hydrogens (tertiary/aromatic N) is 3. The standard InChI is InChI=1S/C16H13FN4/c17-10-7-9-3-2-6-19-14(9)12(8-10)15-11-4-1-5-13(11)20-16(18)21-15/h2-3,6-8H,1,4-5H2,(H2,18,20,21). The third kappa shape index (κ3) is 1.93. The first-order valence-electron chi connectivity index (χ1n) is 6.92. The lowest BCUT2D eigenvalue weighted by Crippen LogP contribution is -2.03. The van der Waals surface area contributed by atoms with Crippen LogP contribution in [0.2, 0.25) is 0 Å². The zero-order valence-electron chi connectivity index (χ0n) is 11.3. The highest BCUT2D eigenvalue weighted by Gasteiger charge is 2.21. The number of rotatable bonds is 1. The molecule has 3 aromatic rings. The molecule has 0 aliphatic heterocycles. The van der Waals surface area contributed by atoms with Crippen LogP contribution >= 0.6 is 0 Å². The molecule has 2 heterocycles. The van der Waals surface area contributed by atoms with Crippen LogP contribution < -0.4 is 5.73 Å². The summed E-state index contributed by atoms with van der Waals surface area (Å²) in [6.07, 6.45) is 4.53. The molecule has 0 fully saturated rings. The van der Waals surface area contributed by atoms with Crippen molar-refractivity contribution in [1.82, 2.24) is 15.0 Å². The lowest BCUT2D eigenvalue weighted by Gasteiger charge is -2.11. The first kappa shape index (κ1) is 12.2. The van der Waals surface area contributed by atoms with Crippen molar-refractivity contribution in [2.24, 2.45) is 0 Å². The van der Waals surface area contributed by atoms with Crippen LogP contribution in [0.5, 0.6) is 0 Å². The van der Waals surface area contributed by atoms with E-state index < -0.39 is 0 Å². The number of aryl methyl sites for hydroxylation is 1. The molecule has 0 radical (unpaired) electrons. The van der Waals surface area contributed by atoms with Gasteiger partial charge in [-0.1, -0.05) is 6.07 Å². The lowest BCUT2D eigenvalue weighted by molar-refractivity contribution is 0.630. The third-order valence-electron chi connectivity index (χ3n) is 3.88. The number of nitrogens with two attached hydrogens (primary N) is 1. The van der Waals surface area contributed by atoms with E-state index in [-0.39, 0.29) is 11.8 Å². The van der Waals surface area contributed by atoms with Crippen LogP contribution in [0.1, 0.15) is 17.7 Å². The predicted octanol–water partition coefficient (Wildman–Crippen LogP) is 2.90. The van der Waals surface area contributed by atoms with Crippen LogP contribution in [0.4, 0.5) is 10.3 Å². The van der Waals surface area contributed by atoms with Crippen molar-refractivity contribution >= 4 is 16.9 Å². The summed E-state index contributed by atoms with van der Waals surface area (Å²) in [5.41, 5.74) is 10.0. The number of nitrogen functional groups attached to an aromatic ring is 1. The second kappa shape index (κ2) is 4.48. The minimum atomic E-state index is -0.297. The van der Waals surface area contributed by atoms with Crippen LogP contribution in [0.25, 0.3) is 22.2 Å². The van der Waals surface area contributed by atoms with Crippen molar-refractivity contribution < 1.29 is 4.39 Å². The molecule has 104 valence electrons. The molecule has 0 saturated heterocycles. The number of halogens is 1. The minimum absolute atomic E-state index is 0.235. The SMILES string of the molecule is Nc1nc2c(c(-c3cc(F)cc4cccnc34)n1)CCC2. The highest BCUT2D eigenvalue weighted by Crippen LogP contribution is 2.34. The summed E-state index contributed by atoms with van der Waals surface area (Å²) in [4.78, 5) is 13.0. The summed E-state index contributed by atoms with van der Waals surface area (Å²) >= 11 is 0. The average molecular weight is 280 g/mol. The monoisotopic (exact) mass is 280 g/mol. The topological polar surface area (TPSA) is 64.7 Å². The fraction of sp³-hybridized carbons (Fsp3) is 0.188. The maximum absolute atomic E-state index is 13.9. The Bertz CT molecular complexity index is 860. The summed E-state index contributed by atoms with van der Waals surface area (Å²) in [6.45, 7) is 0. The van der Waals surface area contributed by atoms with Gasteiger partial charge in [0.25, 0.3) is 0 Å². The normalized spacial score (nSPS) is 13.6. The Labute approximate surface area is 120 Å². The van der Waals surface area contributed by atoms with Gasteiger partial charge in [0, 0.05) is 28.4 Å². The summed E-state index contributed by atoms with van der Waals surface area (Å²) in [5.74, 6) is -0.0616. The van der Waals surface area contributed by atoms with Gasteiger partial charge >= 0.3 is 0 Å². The van der Waals surface area contributed by atoms with Gasteiger partial charge in [0.2, 0.25) is 5.95 Å². The van der Waals surface area contributed by atoms with E-state index in [1.54, 1.807) is 12.3 Å². The number of pyridine rings is 1. The van der Waals surface area contributed by atoms with E-state index in [1.807, 2.05) is 6.07 Å². The van der Waals surface area contributed by atoms with E-state index >= 15 is 0 Å². The van der Waals surface area contributed by atoms with E-state index in [2.05, 4.69) is 15.0 Å². The molecule has 2 aromatic heterocycles. The van der Waals surface area contributed by atoms with Gasteiger partial charge in [0.15, 0.2) is 0 Å². The fourth-order valence-corrected chi connectivity index (χ4v) is 3.01. The highest BCUT2D eigenvalue weighted by molar-refractivity contribution is 5.93. The first-order valence-corrected chi connectivity index (χ1v) is 6.92. The summed E-state index contributed by atoms with van der Waals surface area (Å²) in [5, 5.41) is 0.761. The van der Waals surface area contributed by atoms with E-state index in [0.29, 0.717) is 5.56 Å². The van der Waals surface area contributed by atoms with Crippen molar-refractivity contribution in [2.45, 2.75) is 19.3 Å². The third-order valence-corrected chi connectivity index (χ3v) is 3.88. The van der Waals surface area contributed by atoms with Crippen LogP contribution in [-0.4, -0.2) is 15.0 Å². The molecule has 21 heavy (non-hydrogen) atoms. The Kier molecular flexibility index (Phi) is 2.60. The molecule has 0 bridgehead atoms. The van der Waals surface area contributed by atoms with Crippen LogP contribution in [0, 0.1) is 5.82 Å². The second-order valence-electron chi connectivity index (χ2n) is 5.24. The van der Waals surface area contributed by atoms with Gasteiger partial charge in [0.05, 0.1) is 11.2 Å². The molecule has 4 rings (SSSR count). The van der Waals surface area contributed by atoms with E-state index in [9.17, 15) is 4.39 Å². The van der Waals surface area contributed by atoms with Crippen molar-refractivity contribution in [1.29, 1.82) is 0 Å². The predicted molar refractivity (Wildman–Crippen MR) is 79.2 cm³/mol. The Balaban J connectivity index is 2.08. The molecule has 0 saturated carbocycles. The summed E-state index contributed by atoms with van der Waals surface area (Å²) in [7, 11) is 0. The van der Waals surface area contributed by atoms with Crippen LogP contribution in [0.15, 0.2) is 30.5 Å². The van der Waals surface area contributed by atoms with Crippen LogP contribution in [0.3, 0.4) is 0 Å². The number of hydrogen-bond donors (Lipinski definition) is 1. The Morgan fingerprint density at radius 3 is 2.95 bits per heavy atom. The van der Waals surface area contributed by atoms with Crippen molar-refractivity contribution in [3.05, 3.63) is 47.5 Å². The molecular formula is C16H13FN4. The Morgan fingerprint density at radius 1 is 1.14 bits per heavy atom. The Morgan fingerprint density at radius 2 is 2.05 bits per heavy atom. The summed E-state index contributed by atoms with van der Waals surface area (Å²) < 4.78 is 13.9. The second-order valence-corrected chi connectivity index (χ2v) is 5.24. The van der Waals surface area contributed by atoms with Gasteiger partial charge in [-0.25, -0.2) is 14.4 Å². The zero-order valence-corrected chi connectivity index (χ0v) is 11.3. The first-order chi connectivity index (χ1) is 10.2. The molecule has 5 heteroatoms. The smallest absolute Gasteiger partial charge is 0.220 e. The van der Waals surface area contributed by atoms with E-state index in [1.165, 1.54) is 12.1 Å².